The molecule has 1 fully saturated rings. The first-order valence-corrected chi connectivity index (χ1v) is 9.17. The fourth-order valence-corrected chi connectivity index (χ4v) is 3.91. The molecule has 4 rings (SSSR count). The van der Waals surface area contributed by atoms with Crippen molar-refractivity contribution >= 4 is 23.3 Å². The van der Waals surface area contributed by atoms with Crippen molar-refractivity contribution in [2.75, 3.05) is 5.32 Å². The van der Waals surface area contributed by atoms with E-state index < -0.39 is 23.6 Å². The van der Waals surface area contributed by atoms with Crippen LogP contribution in [0.2, 0.25) is 0 Å². The minimum Gasteiger partial charge on any atom is -0.329 e. The third-order valence-corrected chi connectivity index (χ3v) is 5.25. The Morgan fingerprint density at radius 3 is 2.43 bits per heavy atom. The molecule has 1 aliphatic carbocycles. The molecule has 1 saturated heterocycles. The fraction of sp³-hybridized carbons (Fsp3) is 0.227. The zero-order valence-electron chi connectivity index (χ0n) is 15.0. The Labute approximate surface area is 161 Å². The van der Waals surface area contributed by atoms with Crippen LogP contribution in [0.5, 0.6) is 0 Å². The van der Waals surface area contributed by atoms with Gasteiger partial charge in [0.15, 0.2) is 0 Å². The predicted molar refractivity (Wildman–Crippen MR) is 102 cm³/mol. The number of ketones is 1. The van der Waals surface area contributed by atoms with Crippen molar-refractivity contribution in [1.82, 2.24) is 5.32 Å². The first kappa shape index (κ1) is 18.1. The lowest BCUT2D eigenvalue weighted by Crippen LogP contribution is -2.48. The number of Topliss-reactive ketones (excluding diaryl/α,β-unsaturated/α-hetero) is 1. The molecule has 5 nitrogen and oxygen atoms in total. The summed E-state index contributed by atoms with van der Waals surface area (Å²) in [5.74, 6) is -2.75. The summed E-state index contributed by atoms with van der Waals surface area (Å²) in [6.07, 6.45) is 2.11. The van der Waals surface area contributed by atoms with Gasteiger partial charge in [0.1, 0.15) is 11.6 Å². The van der Waals surface area contributed by atoms with Crippen molar-refractivity contribution in [3.63, 3.8) is 0 Å². The first-order valence-electron chi connectivity index (χ1n) is 9.17. The fourth-order valence-electron chi connectivity index (χ4n) is 3.91. The van der Waals surface area contributed by atoms with E-state index in [0.29, 0.717) is 11.4 Å². The number of benzene rings is 2. The molecule has 0 aromatic heterocycles. The van der Waals surface area contributed by atoms with E-state index >= 15 is 0 Å². The van der Waals surface area contributed by atoms with Crippen LogP contribution < -0.4 is 10.6 Å². The van der Waals surface area contributed by atoms with Gasteiger partial charge in [0, 0.05) is 30.1 Å². The Kier molecular flexibility index (Phi) is 4.77. The monoisotopic (exact) mass is 378 g/mol. The minimum absolute atomic E-state index is 0.0588. The smallest absolute Gasteiger partial charge is 0.229 e. The van der Waals surface area contributed by atoms with Gasteiger partial charge in [-0.3, -0.25) is 14.4 Å². The lowest BCUT2D eigenvalue weighted by molar-refractivity contribution is -0.136. The molecule has 0 radical (unpaired) electrons. The maximum Gasteiger partial charge on any atom is 0.229 e. The lowest BCUT2D eigenvalue weighted by Gasteiger charge is -2.36. The molecule has 2 aromatic carbocycles. The summed E-state index contributed by atoms with van der Waals surface area (Å²) in [5, 5.41) is 5.47. The van der Waals surface area contributed by atoms with E-state index in [-0.39, 0.29) is 30.4 Å². The zero-order chi connectivity index (χ0) is 19.7. The summed E-state index contributed by atoms with van der Waals surface area (Å²) in [6, 6.07) is 15.0. The number of nitrogens with one attached hydrogen (secondary N) is 2. The molecule has 1 heterocycles. The Bertz CT molecular complexity index is 954. The lowest BCUT2D eigenvalue weighted by atomic mass is 9.72. The third kappa shape index (κ3) is 3.58. The second kappa shape index (κ2) is 7.38. The van der Waals surface area contributed by atoms with E-state index in [1.165, 1.54) is 24.3 Å². The maximum absolute atomic E-state index is 13.1. The van der Waals surface area contributed by atoms with Crippen LogP contribution in [0.15, 0.2) is 66.4 Å². The topological polar surface area (TPSA) is 75.3 Å². The number of hydrogen-bond acceptors (Lipinski definition) is 3. The van der Waals surface area contributed by atoms with E-state index in [4.69, 9.17) is 0 Å². The van der Waals surface area contributed by atoms with Crippen molar-refractivity contribution in [2.24, 2.45) is 11.8 Å². The second-order valence-electron chi connectivity index (χ2n) is 7.14. The molecule has 0 unspecified atom stereocenters. The number of anilines is 1. The number of piperidine rings is 1. The van der Waals surface area contributed by atoms with Crippen LogP contribution in [0.4, 0.5) is 10.1 Å². The summed E-state index contributed by atoms with van der Waals surface area (Å²) in [6.45, 7) is 0. The normalized spacial score (nSPS) is 24.0. The summed E-state index contributed by atoms with van der Waals surface area (Å²) in [5.41, 5.74) is 1.92. The molecule has 1 aliphatic heterocycles. The van der Waals surface area contributed by atoms with Gasteiger partial charge in [-0.25, -0.2) is 4.39 Å². The molecule has 0 saturated carbocycles. The molecule has 3 atom stereocenters. The maximum atomic E-state index is 13.1. The molecule has 2 N–H and O–H groups in total. The second-order valence-corrected chi connectivity index (χ2v) is 7.14. The molecular weight excluding hydrogens is 359 g/mol. The summed E-state index contributed by atoms with van der Waals surface area (Å²) < 4.78 is 13.1. The van der Waals surface area contributed by atoms with Crippen LogP contribution in [0.25, 0.3) is 0 Å². The summed E-state index contributed by atoms with van der Waals surface area (Å²) >= 11 is 0. The Morgan fingerprint density at radius 1 is 1.00 bits per heavy atom. The number of amides is 2. The summed E-state index contributed by atoms with van der Waals surface area (Å²) in [7, 11) is 0. The molecular formula is C22H19FN2O3. The number of carbonyl (C=O) groups is 3. The summed E-state index contributed by atoms with van der Waals surface area (Å²) in [4.78, 5) is 37.9. The standard InChI is InChI=1S/C22H19FN2O3/c23-15-6-8-16(9-7-15)24-22(28)17-12-20(27)25-18-10-14(11-19(26)21(17)18)13-4-2-1-3-5-13/h1-10,14,17,21H,11-12H2,(H,24,28)(H,25,27)/t14-,17+,21-/m1/s1. The van der Waals surface area contributed by atoms with Gasteiger partial charge in [0.05, 0.1) is 11.8 Å². The van der Waals surface area contributed by atoms with E-state index in [9.17, 15) is 18.8 Å². The van der Waals surface area contributed by atoms with Crippen molar-refractivity contribution in [3.8, 4) is 0 Å². The molecule has 0 bridgehead atoms. The van der Waals surface area contributed by atoms with Gasteiger partial charge in [0.25, 0.3) is 0 Å². The van der Waals surface area contributed by atoms with E-state index in [2.05, 4.69) is 10.6 Å². The molecule has 2 aliphatic rings. The van der Waals surface area contributed by atoms with Gasteiger partial charge in [-0.2, -0.15) is 0 Å². The number of allylic oxidation sites excluding steroid dienone is 2. The van der Waals surface area contributed by atoms with Crippen LogP contribution in [-0.4, -0.2) is 17.6 Å². The quantitative estimate of drug-likeness (QED) is 0.862. The number of halogens is 1. The predicted octanol–water partition coefficient (Wildman–Crippen LogP) is 3.16. The number of rotatable bonds is 3. The van der Waals surface area contributed by atoms with E-state index in [1.807, 2.05) is 36.4 Å². The molecule has 2 aromatic rings. The van der Waals surface area contributed by atoms with E-state index in [1.54, 1.807) is 0 Å². The largest absolute Gasteiger partial charge is 0.329 e. The highest BCUT2D eigenvalue weighted by molar-refractivity contribution is 6.02. The Morgan fingerprint density at radius 2 is 1.71 bits per heavy atom. The molecule has 6 heteroatoms. The highest BCUT2D eigenvalue weighted by Gasteiger charge is 2.44. The van der Waals surface area contributed by atoms with Crippen molar-refractivity contribution in [1.29, 1.82) is 0 Å². The van der Waals surface area contributed by atoms with Gasteiger partial charge < -0.3 is 10.6 Å². The molecule has 2 amide bonds. The average Bonchev–Trinajstić information content (AvgIpc) is 2.69. The highest BCUT2D eigenvalue weighted by Crippen LogP contribution is 2.38. The van der Waals surface area contributed by atoms with Crippen molar-refractivity contribution < 1.29 is 18.8 Å². The van der Waals surface area contributed by atoms with Crippen molar-refractivity contribution in [2.45, 2.75) is 18.8 Å². The molecule has 28 heavy (non-hydrogen) atoms. The minimum atomic E-state index is -0.783. The average molecular weight is 378 g/mol. The van der Waals surface area contributed by atoms with Crippen molar-refractivity contribution in [3.05, 3.63) is 77.8 Å². The van der Waals surface area contributed by atoms with Crippen LogP contribution >= 0.6 is 0 Å². The number of hydrogen-bond donors (Lipinski definition) is 2. The van der Waals surface area contributed by atoms with Gasteiger partial charge in [-0.15, -0.1) is 0 Å². The van der Waals surface area contributed by atoms with Gasteiger partial charge in [-0.1, -0.05) is 36.4 Å². The Balaban J connectivity index is 1.59. The zero-order valence-corrected chi connectivity index (χ0v) is 15.0. The van der Waals surface area contributed by atoms with Crippen LogP contribution in [0.1, 0.15) is 24.3 Å². The van der Waals surface area contributed by atoms with Crippen LogP contribution in [-0.2, 0) is 14.4 Å². The van der Waals surface area contributed by atoms with Gasteiger partial charge >= 0.3 is 0 Å². The highest BCUT2D eigenvalue weighted by atomic mass is 19.1. The SMILES string of the molecule is O=C1C[C@H](C(=O)Nc2ccc(F)cc2)[C@H]2C(=O)C[C@H](c3ccccc3)C=C2N1. The Hall–Kier alpha value is -3.28. The number of carbonyl (C=O) groups excluding carboxylic acids is 3. The molecule has 0 spiro atoms. The molecule has 142 valence electrons. The van der Waals surface area contributed by atoms with Gasteiger partial charge in [0.2, 0.25) is 11.8 Å². The van der Waals surface area contributed by atoms with Gasteiger partial charge in [-0.05, 0) is 29.8 Å². The third-order valence-electron chi connectivity index (χ3n) is 5.25. The first-order chi connectivity index (χ1) is 13.5. The van der Waals surface area contributed by atoms with Crippen LogP contribution in [0, 0.1) is 17.7 Å². The van der Waals surface area contributed by atoms with E-state index in [0.717, 1.165) is 5.56 Å². The van der Waals surface area contributed by atoms with Crippen LogP contribution in [0.3, 0.4) is 0 Å². The number of fused-ring (bicyclic) bond motifs is 1.